The van der Waals surface area contributed by atoms with Gasteiger partial charge in [-0.25, -0.2) is 0 Å². The van der Waals surface area contributed by atoms with Crippen molar-refractivity contribution >= 4 is 5.91 Å². The highest BCUT2D eigenvalue weighted by atomic mass is 16.5. The van der Waals surface area contributed by atoms with E-state index in [0.29, 0.717) is 6.54 Å². The van der Waals surface area contributed by atoms with Crippen molar-refractivity contribution in [3.8, 4) is 5.75 Å². The number of nitrogens with one attached hydrogen (secondary N) is 1. The number of benzene rings is 1. The third-order valence-corrected chi connectivity index (χ3v) is 4.27. The number of nitrogens with two attached hydrogens (primary N) is 1. The van der Waals surface area contributed by atoms with E-state index in [1.54, 1.807) is 0 Å². The fraction of sp³-hybridized carbons (Fsp3) is 0.611. The van der Waals surface area contributed by atoms with E-state index in [1.165, 1.54) is 0 Å². The van der Waals surface area contributed by atoms with Crippen LogP contribution in [-0.2, 0) is 11.3 Å². The van der Waals surface area contributed by atoms with E-state index in [1.807, 2.05) is 24.3 Å². The molecule has 1 saturated carbocycles. The summed E-state index contributed by atoms with van der Waals surface area (Å²) in [4.78, 5) is 12.2. The van der Waals surface area contributed by atoms with Crippen LogP contribution in [0.15, 0.2) is 24.3 Å². The molecule has 0 bridgehead atoms. The second kappa shape index (κ2) is 8.79. The molecule has 1 fully saturated rings. The van der Waals surface area contributed by atoms with Crippen LogP contribution in [0.2, 0.25) is 0 Å². The topological polar surface area (TPSA) is 64.3 Å². The summed E-state index contributed by atoms with van der Waals surface area (Å²) in [7, 11) is 0. The van der Waals surface area contributed by atoms with Crippen molar-refractivity contribution in [2.45, 2.75) is 58.0 Å². The molecule has 3 N–H and O–H groups in total. The number of carbonyl (C=O) groups excluding carboxylic acids is 1. The molecule has 0 heterocycles. The number of hydrogen-bond acceptors (Lipinski definition) is 3. The number of rotatable bonds is 7. The smallest absolute Gasteiger partial charge is 0.223 e. The fourth-order valence-electron chi connectivity index (χ4n) is 2.79. The maximum absolute atomic E-state index is 12.2. The number of carbonyl (C=O) groups is 1. The van der Waals surface area contributed by atoms with Crippen LogP contribution >= 0.6 is 0 Å². The second-order valence-electron chi connectivity index (χ2n) is 6.18. The standard InChI is InChI=1S/C18H28N2O2/c1-2-3-11-22-17-6-4-5-14(12-17)13-20-18(21)15-7-9-16(19)10-8-15/h4-6,12,15-16H,2-3,7-11,13,19H2,1H3,(H,20,21). The van der Waals surface area contributed by atoms with Crippen molar-refractivity contribution in [1.29, 1.82) is 0 Å². The van der Waals surface area contributed by atoms with Gasteiger partial charge in [0, 0.05) is 18.5 Å². The summed E-state index contributed by atoms with van der Waals surface area (Å²) in [5.74, 6) is 1.16. The van der Waals surface area contributed by atoms with Crippen molar-refractivity contribution in [2.24, 2.45) is 11.7 Å². The number of ether oxygens (including phenoxy) is 1. The number of unbranched alkanes of at least 4 members (excludes halogenated alkanes) is 1. The van der Waals surface area contributed by atoms with Crippen molar-refractivity contribution in [2.75, 3.05) is 6.61 Å². The predicted molar refractivity (Wildman–Crippen MR) is 88.6 cm³/mol. The van der Waals surface area contributed by atoms with E-state index in [2.05, 4.69) is 12.2 Å². The fourth-order valence-corrected chi connectivity index (χ4v) is 2.79. The summed E-state index contributed by atoms with van der Waals surface area (Å²) in [6.07, 6.45) is 5.92. The molecule has 1 aliphatic rings. The zero-order chi connectivity index (χ0) is 15.8. The van der Waals surface area contributed by atoms with E-state index in [-0.39, 0.29) is 17.9 Å². The highest BCUT2D eigenvalue weighted by molar-refractivity contribution is 5.78. The van der Waals surface area contributed by atoms with Crippen LogP contribution in [0.25, 0.3) is 0 Å². The van der Waals surface area contributed by atoms with Crippen LogP contribution in [0.5, 0.6) is 5.75 Å². The van der Waals surface area contributed by atoms with Crippen LogP contribution in [0.4, 0.5) is 0 Å². The Morgan fingerprint density at radius 1 is 1.32 bits per heavy atom. The average Bonchev–Trinajstić information content (AvgIpc) is 2.54. The van der Waals surface area contributed by atoms with Gasteiger partial charge >= 0.3 is 0 Å². The Bertz CT molecular complexity index is 468. The van der Waals surface area contributed by atoms with E-state index in [0.717, 1.165) is 56.4 Å². The molecule has 1 aromatic carbocycles. The van der Waals surface area contributed by atoms with E-state index >= 15 is 0 Å². The number of hydrogen-bond donors (Lipinski definition) is 2. The SMILES string of the molecule is CCCCOc1cccc(CNC(=O)C2CCC(N)CC2)c1. The highest BCUT2D eigenvalue weighted by Crippen LogP contribution is 2.23. The Labute approximate surface area is 133 Å². The Balaban J connectivity index is 1.78. The molecule has 0 atom stereocenters. The summed E-state index contributed by atoms with van der Waals surface area (Å²) in [5, 5.41) is 3.04. The maximum Gasteiger partial charge on any atom is 0.223 e. The molecule has 0 unspecified atom stereocenters. The van der Waals surface area contributed by atoms with Crippen LogP contribution in [0.1, 0.15) is 51.0 Å². The lowest BCUT2D eigenvalue weighted by molar-refractivity contribution is -0.126. The zero-order valence-corrected chi connectivity index (χ0v) is 13.5. The molecule has 22 heavy (non-hydrogen) atoms. The first-order valence-electron chi connectivity index (χ1n) is 8.44. The van der Waals surface area contributed by atoms with Gasteiger partial charge in [0.15, 0.2) is 0 Å². The molecule has 2 rings (SSSR count). The lowest BCUT2D eigenvalue weighted by Gasteiger charge is -2.25. The molecule has 4 nitrogen and oxygen atoms in total. The lowest BCUT2D eigenvalue weighted by Crippen LogP contribution is -2.35. The predicted octanol–water partition coefficient (Wildman–Crippen LogP) is 3.00. The van der Waals surface area contributed by atoms with Crippen molar-refractivity contribution in [1.82, 2.24) is 5.32 Å². The maximum atomic E-state index is 12.2. The molecular formula is C18H28N2O2. The summed E-state index contributed by atoms with van der Waals surface area (Å²) >= 11 is 0. The summed E-state index contributed by atoms with van der Waals surface area (Å²) in [6.45, 7) is 3.45. The van der Waals surface area contributed by atoms with Gasteiger partial charge in [-0.3, -0.25) is 4.79 Å². The minimum absolute atomic E-state index is 0.129. The van der Waals surface area contributed by atoms with Gasteiger partial charge in [0.05, 0.1) is 6.61 Å². The van der Waals surface area contributed by atoms with Crippen LogP contribution in [0.3, 0.4) is 0 Å². The molecule has 0 aromatic heterocycles. The van der Waals surface area contributed by atoms with E-state index in [4.69, 9.17) is 10.5 Å². The Morgan fingerprint density at radius 2 is 2.09 bits per heavy atom. The average molecular weight is 304 g/mol. The summed E-state index contributed by atoms with van der Waals surface area (Å²) in [5.41, 5.74) is 6.96. The van der Waals surface area contributed by atoms with Crippen LogP contribution in [0, 0.1) is 5.92 Å². The molecule has 0 radical (unpaired) electrons. The molecule has 0 saturated heterocycles. The van der Waals surface area contributed by atoms with Gasteiger partial charge in [-0.15, -0.1) is 0 Å². The minimum Gasteiger partial charge on any atom is -0.494 e. The highest BCUT2D eigenvalue weighted by Gasteiger charge is 2.24. The van der Waals surface area contributed by atoms with Crippen LogP contribution in [-0.4, -0.2) is 18.6 Å². The van der Waals surface area contributed by atoms with Crippen molar-refractivity contribution < 1.29 is 9.53 Å². The van der Waals surface area contributed by atoms with Gasteiger partial charge in [-0.2, -0.15) is 0 Å². The lowest BCUT2D eigenvalue weighted by atomic mass is 9.86. The second-order valence-corrected chi connectivity index (χ2v) is 6.18. The number of amides is 1. The quantitative estimate of drug-likeness (QED) is 0.761. The van der Waals surface area contributed by atoms with Crippen molar-refractivity contribution in [3.63, 3.8) is 0 Å². The van der Waals surface area contributed by atoms with Crippen LogP contribution < -0.4 is 15.8 Å². The normalized spacial score (nSPS) is 21.4. The van der Waals surface area contributed by atoms with Gasteiger partial charge in [0.25, 0.3) is 0 Å². The summed E-state index contributed by atoms with van der Waals surface area (Å²) < 4.78 is 5.70. The third kappa shape index (κ3) is 5.34. The third-order valence-electron chi connectivity index (χ3n) is 4.27. The molecule has 1 aromatic rings. The largest absolute Gasteiger partial charge is 0.494 e. The van der Waals surface area contributed by atoms with Gasteiger partial charge in [-0.1, -0.05) is 25.5 Å². The molecule has 0 spiro atoms. The first-order chi connectivity index (χ1) is 10.7. The zero-order valence-electron chi connectivity index (χ0n) is 13.5. The van der Waals surface area contributed by atoms with Gasteiger partial charge in [-0.05, 0) is 49.8 Å². The molecule has 122 valence electrons. The Hall–Kier alpha value is -1.55. The molecule has 4 heteroatoms. The van der Waals surface area contributed by atoms with E-state index < -0.39 is 0 Å². The van der Waals surface area contributed by atoms with Gasteiger partial charge in [0.1, 0.15) is 5.75 Å². The molecule has 1 amide bonds. The van der Waals surface area contributed by atoms with E-state index in [9.17, 15) is 4.79 Å². The Morgan fingerprint density at radius 3 is 2.82 bits per heavy atom. The first-order valence-corrected chi connectivity index (χ1v) is 8.44. The van der Waals surface area contributed by atoms with Gasteiger partial charge in [0.2, 0.25) is 5.91 Å². The molecular weight excluding hydrogens is 276 g/mol. The Kier molecular flexibility index (Phi) is 6.72. The molecule has 0 aliphatic heterocycles. The van der Waals surface area contributed by atoms with Gasteiger partial charge < -0.3 is 15.8 Å². The monoisotopic (exact) mass is 304 g/mol. The minimum atomic E-state index is 0.129. The summed E-state index contributed by atoms with van der Waals surface area (Å²) in [6, 6.07) is 8.24. The van der Waals surface area contributed by atoms with Crippen molar-refractivity contribution in [3.05, 3.63) is 29.8 Å². The first kappa shape index (κ1) is 16.8. The molecule has 1 aliphatic carbocycles.